The molecule has 2 amide bonds. The number of anilines is 1. The van der Waals surface area contributed by atoms with Gasteiger partial charge in [0.15, 0.2) is 0 Å². The van der Waals surface area contributed by atoms with Gasteiger partial charge in [-0.1, -0.05) is 0 Å². The summed E-state index contributed by atoms with van der Waals surface area (Å²) in [6, 6.07) is 4.08. The summed E-state index contributed by atoms with van der Waals surface area (Å²) in [5.74, 6) is -1.05. The van der Waals surface area contributed by atoms with E-state index in [2.05, 4.69) is 21.2 Å². The Morgan fingerprint density at radius 1 is 1.40 bits per heavy atom. The maximum atomic E-state index is 12.1. The fraction of sp³-hybridized carbons (Fsp3) is 0.385. The van der Waals surface area contributed by atoms with Crippen LogP contribution in [0.2, 0.25) is 0 Å². The van der Waals surface area contributed by atoms with E-state index in [9.17, 15) is 14.7 Å². The summed E-state index contributed by atoms with van der Waals surface area (Å²) in [5.41, 5.74) is 0.497. The number of likely N-dealkylation sites (tertiary alicyclic amines) is 1. The minimum atomic E-state index is -1.05. The van der Waals surface area contributed by atoms with E-state index in [-0.39, 0.29) is 11.6 Å². The lowest BCUT2D eigenvalue weighted by atomic mass is 10.1. The van der Waals surface area contributed by atoms with E-state index in [1.54, 1.807) is 6.07 Å². The Bertz CT molecular complexity index is 535. The smallest absolute Gasteiger partial charge is 0.335 e. The highest BCUT2D eigenvalue weighted by atomic mass is 79.9. The number of aliphatic hydroxyl groups is 1. The Balaban J connectivity index is 2.10. The number of aromatic carboxylic acids is 1. The highest BCUT2D eigenvalue weighted by Crippen LogP contribution is 2.24. The normalized spacial score (nSPS) is 18.7. The van der Waals surface area contributed by atoms with Crippen molar-refractivity contribution >= 4 is 33.6 Å². The highest BCUT2D eigenvalue weighted by Gasteiger charge is 2.22. The molecule has 0 aromatic heterocycles. The molecule has 0 aliphatic carbocycles. The quantitative estimate of drug-likeness (QED) is 0.767. The number of aliphatic hydroxyl groups excluding tert-OH is 1. The molecule has 7 heteroatoms. The van der Waals surface area contributed by atoms with Crippen molar-refractivity contribution in [2.45, 2.75) is 18.9 Å². The molecule has 1 atom stereocenters. The van der Waals surface area contributed by atoms with Crippen molar-refractivity contribution in [1.82, 2.24) is 4.90 Å². The summed E-state index contributed by atoms with van der Waals surface area (Å²) in [5, 5.41) is 21.2. The van der Waals surface area contributed by atoms with Crippen molar-refractivity contribution < 1.29 is 19.8 Å². The van der Waals surface area contributed by atoms with E-state index in [1.165, 1.54) is 17.0 Å². The van der Waals surface area contributed by atoms with Crippen molar-refractivity contribution in [3.05, 3.63) is 28.2 Å². The molecule has 1 fully saturated rings. The maximum Gasteiger partial charge on any atom is 0.335 e. The van der Waals surface area contributed by atoms with Crippen LogP contribution in [0.5, 0.6) is 0 Å². The SMILES string of the molecule is O=C(O)c1ccc(Br)c(NC(=O)N2CCCC(O)C2)c1. The second-order valence-corrected chi connectivity index (χ2v) is 5.53. The molecule has 2 rings (SSSR count). The molecule has 3 N–H and O–H groups in total. The van der Waals surface area contributed by atoms with Gasteiger partial charge in [0.05, 0.1) is 17.4 Å². The average Bonchev–Trinajstić information content (AvgIpc) is 2.41. The zero-order valence-electron chi connectivity index (χ0n) is 10.7. The van der Waals surface area contributed by atoms with Gasteiger partial charge < -0.3 is 20.4 Å². The summed E-state index contributed by atoms with van der Waals surface area (Å²) in [6.45, 7) is 0.876. The largest absolute Gasteiger partial charge is 0.478 e. The number of β-amino-alcohol motifs (C(OH)–C–C–N with tert-alkyl or cyclic N) is 1. The molecule has 0 bridgehead atoms. The summed E-state index contributed by atoms with van der Waals surface area (Å²) in [4.78, 5) is 24.5. The van der Waals surface area contributed by atoms with Gasteiger partial charge in [-0.2, -0.15) is 0 Å². The van der Waals surface area contributed by atoms with Crippen LogP contribution in [0.3, 0.4) is 0 Å². The highest BCUT2D eigenvalue weighted by molar-refractivity contribution is 9.10. The number of carboxylic acid groups (broad SMARTS) is 1. The van der Waals surface area contributed by atoms with E-state index in [0.717, 1.165) is 6.42 Å². The maximum absolute atomic E-state index is 12.1. The first-order valence-corrected chi connectivity index (χ1v) is 7.03. The zero-order valence-corrected chi connectivity index (χ0v) is 12.3. The van der Waals surface area contributed by atoms with Gasteiger partial charge in [0.2, 0.25) is 0 Å². The number of nitrogens with zero attached hydrogens (tertiary/aromatic N) is 1. The fourth-order valence-corrected chi connectivity index (χ4v) is 2.43. The van der Waals surface area contributed by atoms with Crippen LogP contribution in [0.1, 0.15) is 23.2 Å². The molecule has 1 saturated heterocycles. The first kappa shape index (κ1) is 14.8. The number of amides is 2. The Hall–Kier alpha value is -1.60. The Labute approximate surface area is 124 Å². The van der Waals surface area contributed by atoms with Crippen LogP contribution in [0.4, 0.5) is 10.5 Å². The summed E-state index contributed by atoms with van der Waals surface area (Å²) >= 11 is 3.27. The minimum absolute atomic E-state index is 0.0992. The van der Waals surface area contributed by atoms with Crippen molar-refractivity contribution in [2.24, 2.45) is 0 Å². The van der Waals surface area contributed by atoms with Crippen LogP contribution < -0.4 is 5.32 Å². The van der Waals surface area contributed by atoms with Gasteiger partial charge in [0.25, 0.3) is 0 Å². The molecule has 1 aliphatic rings. The third-order valence-corrected chi connectivity index (χ3v) is 3.83. The van der Waals surface area contributed by atoms with Crippen LogP contribution in [0, 0.1) is 0 Å². The molecule has 20 heavy (non-hydrogen) atoms. The zero-order chi connectivity index (χ0) is 14.7. The van der Waals surface area contributed by atoms with Gasteiger partial charge in [-0.05, 0) is 47.0 Å². The van der Waals surface area contributed by atoms with Crippen molar-refractivity contribution in [3.8, 4) is 0 Å². The van der Waals surface area contributed by atoms with Gasteiger partial charge in [-0.25, -0.2) is 9.59 Å². The first-order chi connectivity index (χ1) is 9.47. The van der Waals surface area contributed by atoms with Gasteiger partial charge >= 0.3 is 12.0 Å². The molecule has 1 aromatic rings. The number of carbonyl (C=O) groups excluding carboxylic acids is 1. The molecule has 0 radical (unpaired) electrons. The number of carboxylic acids is 1. The molecule has 1 aliphatic heterocycles. The predicted octanol–water partition coefficient (Wildman–Crippen LogP) is 2.14. The topological polar surface area (TPSA) is 89.9 Å². The Morgan fingerprint density at radius 3 is 2.80 bits per heavy atom. The predicted molar refractivity (Wildman–Crippen MR) is 76.9 cm³/mol. The van der Waals surface area contributed by atoms with Gasteiger partial charge in [0, 0.05) is 17.6 Å². The molecule has 0 saturated carbocycles. The second kappa shape index (κ2) is 6.23. The Morgan fingerprint density at radius 2 is 2.15 bits per heavy atom. The van der Waals surface area contributed by atoms with Gasteiger partial charge in [-0.15, -0.1) is 0 Å². The van der Waals surface area contributed by atoms with Crippen LogP contribution in [0.25, 0.3) is 0 Å². The van der Waals surface area contributed by atoms with Gasteiger partial charge in [-0.3, -0.25) is 0 Å². The number of hydrogen-bond donors (Lipinski definition) is 3. The van der Waals surface area contributed by atoms with E-state index in [1.807, 2.05) is 0 Å². The van der Waals surface area contributed by atoms with Crippen LogP contribution in [0.15, 0.2) is 22.7 Å². The second-order valence-electron chi connectivity index (χ2n) is 4.67. The number of benzene rings is 1. The fourth-order valence-electron chi connectivity index (χ4n) is 2.09. The molecule has 0 spiro atoms. The lowest BCUT2D eigenvalue weighted by Gasteiger charge is -2.30. The standard InChI is InChI=1S/C13H15BrN2O4/c14-10-4-3-8(12(18)19)6-11(10)15-13(20)16-5-1-2-9(17)7-16/h3-4,6,9,17H,1-2,5,7H2,(H,15,20)(H,18,19). The van der Waals surface area contributed by atoms with E-state index in [4.69, 9.17) is 5.11 Å². The number of rotatable bonds is 2. The van der Waals surface area contributed by atoms with Crippen molar-refractivity contribution in [2.75, 3.05) is 18.4 Å². The van der Waals surface area contributed by atoms with Crippen molar-refractivity contribution in [1.29, 1.82) is 0 Å². The summed E-state index contributed by atoms with van der Waals surface area (Å²) < 4.78 is 0.605. The lowest BCUT2D eigenvalue weighted by molar-refractivity contribution is 0.0697. The van der Waals surface area contributed by atoms with Crippen molar-refractivity contribution in [3.63, 3.8) is 0 Å². The third-order valence-electron chi connectivity index (χ3n) is 3.14. The van der Waals surface area contributed by atoms with Crippen LogP contribution in [-0.2, 0) is 0 Å². The molecule has 1 heterocycles. The third kappa shape index (κ3) is 3.49. The number of halogens is 1. The average molecular weight is 343 g/mol. The molecule has 1 aromatic carbocycles. The van der Waals surface area contributed by atoms with Crippen LogP contribution in [-0.4, -0.2) is 46.3 Å². The number of hydrogen-bond acceptors (Lipinski definition) is 3. The molecule has 108 valence electrons. The molecular formula is C13H15BrN2O4. The van der Waals surface area contributed by atoms with Crippen LogP contribution >= 0.6 is 15.9 Å². The number of nitrogens with one attached hydrogen (secondary N) is 1. The number of carbonyl (C=O) groups is 2. The molecule has 1 unspecified atom stereocenters. The number of urea groups is 1. The van der Waals surface area contributed by atoms with Gasteiger partial charge in [0.1, 0.15) is 0 Å². The molecule has 6 nitrogen and oxygen atoms in total. The number of piperidine rings is 1. The lowest BCUT2D eigenvalue weighted by Crippen LogP contribution is -2.44. The first-order valence-electron chi connectivity index (χ1n) is 6.24. The van der Waals surface area contributed by atoms with E-state index < -0.39 is 12.1 Å². The van der Waals surface area contributed by atoms with E-state index >= 15 is 0 Å². The monoisotopic (exact) mass is 342 g/mol. The summed E-state index contributed by atoms with van der Waals surface area (Å²) in [6.07, 6.45) is 0.954. The molecular weight excluding hydrogens is 328 g/mol. The minimum Gasteiger partial charge on any atom is -0.478 e. The van der Waals surface area contributed by atoms with E-state index in [0.29, 0.717) is 29.7 Å². The summed E-state index contributed by atoms with van der Waals surface area (Å²) in [7, 11) is 0. The Kier molecular flexibility index (Phi) is 4.61.